The predicted molar refractivity (Wildman–Crippen MR) is 91.8 cm³/mol. The van der Waals surface area contributed by atoms with Gasteiger partial charge in [-0.05, 0) is 49.6 Å². The molecule has 0 radical (unpaired) electrons. The van der Waals surface area contributed by atoms with Crippen LogP contribution in [0.1, 0.15) is 18.4 Å². The zero-order valence-corrected chi connectivity index (χ0v) is 13.8. The summed E-state index contributed by atoms with van der Waals surface area (Å²) in [7, 11) is 0. The second-order valence-corrected chi connectivity index (χ2v) is 6.24. The largest absolute Gasteiger partial charge is 0.357 e. The SMILES string of the molecule is Cc1ccnc(N2CCC(C(=O)Nc3ccc(Cl)cn3)CC2)c1. The van der Waals surface area contributed by atoms with Gasteiger partial charge in [0, 0.05) is 31.4 Å². The van der Waals surface area contributed by atoms with Gasteiger partial charge in [-0.25, -0.2) is 9.97 Å². The van der Waals surface area contributed by atoms with E-state index in [1.807, 2.05) is 12.3 Å². The molecule has 1 N–H and O–H groups in total. The van der Waals surface area contributed by atoms with Crippen molar-refractivity contribution in [1.29, 1.82) is 0 Å². The van der Waals surface area contributed by atoms with Crippen molar-refractivity contribution in [3.63, 3.8) is 0 Å². The third-order valence-corrected chi connectivity index (χ3v) is 4.29. The van der Waals surface area contributed by atoms with E-state index >= 15 is 0 Å². The molecule has 1 fully saturated rings. The molecule has 3 rings (SSSR count). The van der Waals surface area contributed by atoms with Gasteiger partial charge in [0.05, 0.1) is 5.02 Å². The van der Waals surface area contributed by atoms with Crippen molar-refractivity contribution in [2.24, 2.45) is 5.92 Å². The van der Waals surface area contributed by atoms with E-state index < -0.39 is 0 Å². The number of hydrogen-bond acceptors (Lipinski definition) is 4. The van der Waals surface area contributed by atoms with Crippen molar-refractivity contribution in [1.82, 2.24) is 9.97 Å². The molecule has 1 saturated heterocycles. The molecule has 2 aromatic rings. The van der Waals surface area contributed by atoms with Crippen LogP contribution in [0, 0.1) is 12.8 Å². The quantitative estimate of drug-likeness (QED) is 0.938. The van der Waals surface area contributed by atoms with Crippen LogP contribution >= 0.6 is 11.6 Å². The van der Waals surface area contributed by atoms with Gasteiger partial charge in [-0.2, -0.15) is 0 Å². The van der Waals surface area contributed by atoms with Crippen molar-refractivity contribution >= 4 is 29.1 Å². The van der Waals surface area contributed by atoms with E-state index in [1.165, 1.54) is 11.8 Å². The number of nitrogens with zero attached hydrogens (tertiary/aromatic N) is 3. The Kier molecular flexibility index (Phi) is 4.76. The lowest BCUT2D eigenvalue weighted by molar-refractivity contribution is -0.120. The number of rotatable bonds is 3. The van der Waals surface area contributed by atoms with E-state index in [4.69, 9.17) is 11.6 Å². The average Bonchev–Trinajstić information content (AvgIpc) is 2.57. The second-order valence-electron chi connectivity index (χ2n) is 5.80. The highest BCUT2D eigenvalue weighted by Gasteiger charge is 2.25. The lowest BCUT2D eigenvalue weighted by Gasteiger charge is -2.32. The number of halogens is 1. The van der Waals surface area contributed by atoms with E-state index in [0.717, 1.165) is 31.7 Å². The van der Waals surface area contributed by atoms with E-state index in [9.17, 15) is 4.79 Å². The molecular formula is C17H19ClN4O. The smallest absolute Gasteiger partial charge is 0.228 e. The van der Waals surface area contributed by atoms with Gasteiger partial charge in [-0.1, -0.05) is 11.6 Å². The summed E-state index contributed by atoms with van der Waals surface area (Å²) in [5.41, 5.74) is 1.20. The van der Waals surface area contributed by atoms with Crippen LogP contribution in [0.2, 0.25) is 5.02 Å². The highest BCUT2D eigenvalue weighted by molar-refractivity contribution is 6.30. The maximum atomic E-state index is 12.3. The molecule has 0 aliphatic carbocycles. The van der Waals surface area contributed by atoms with Crippen LogP contribution in [0.3, 0.4) is 0 Å². The lowest BCUT2D eigenvalue weighted by Crippen LogP contribution is -2.38. The van der Waals surface area contributed by atoms with E-state index in [-0.39, 0.29) is 11.8 Å². The number of amides is 1. The van der Waals surface area contributed by atoms with Crippen LogP contribution in [0.15, 0.2) is 36.7 Å². The van der Waals surface area contributed by atoms with E-state index in [0.29, 0.717) is 10.8 Å². The molecule has 5 nitrogen and oxygen atoms in total. The van der Waals surface area contributed by atoms with Crippen LogP contribution in [0.4, 0.5) is 11.6 Å². The summed E-state index contributed by atoms with van der Waals surface area (Å²) in [5.74, 6) is 1.57. The first-order valence-electron chi connectivity index (χ1n) is 7.72. The monoisotopic (exact) mass is 330 g/mol. The first kappa shape index (κ1) is 15.7. The lowest BCUT2D eigenvalue weighted by atomic mass is 9.96. The fraction of sp³-hybridized carbons (Fsp3) is 0.353. The molecule has 0 bridgehead atoms. The van der Waals surface area contributed by atoms with Crippen molar-refractivity contribution in [2.45, 2.75) is 19.8 Å². The third-order valence-electron chi connectivity index (χ3n) is 4.07. The maximum absolute atomic E-state index is 12.3. The molecule has 1 aliphatic heterocycles. The highest BCUT2D eigenvalue weighted by atomic mass is 35.5. The van der Waals surface area contributed by atoms with Crippen LogP contribution in [0.5, 0.6) is 0 Å². The number of pyridine rings is 2. The van der Waals surface area contributed by atoms with Gasteiger partial charge in [-0.15, -0.1) is 0 Å². The summed E-state index contributed by atoms with van der Waals surface area (Å²) in [6.07, 6.45) is 4.99. The van der Waals surface area contributed by atoms with Crippen molar-refractivity contribution in [2.75, 3.05) is 23.3 Å². The van der Waals surface area contributed by atoms with Crippen LogP contribution in [0.25, 0.3) is 0 Å². The van der Waals surface area contributed by atoms with Crippen LogP contribution in [-0.4, -0.2) is 29.0 Å². The number of anilines is 2. The van der Waals surface area contributed by atoms with Gasteiger partial charge in [0.15, 0.2) is 0 Å². The number of aromatic nitrogens is 2. The summed E-state index contributed by atoms with van der Waals surface area (Å²) in [5, 5.41) is 3.42. The summed E-state index contributed by atoms with van der Waals surface area (Å²) in [6.45, 7) is 3.73. The molecule has 120 valence electrons. The average molecular weight is 331 g/mol. The Morgan fingerprint density at radius 2 is 2.04 bits per heavy atom. The zero-order chi connectivity index (χ0) is 16.2. The predicted octanol–water partition coefficient (Wildman–Crippen LogP) is 3.29. The molecule has 23 heavy (non-hydrogen) atoms. The molecule has 2 aromatic heterocycles. The minimum absolute atomic E-state index is 0.00790. The Labute approximate surface area is 140 Å². The standard InChI is InChI=1S/C17H19ClN4O/c1-12-4-7-19-16(10-12)22-8-5-13(6-9-22)17(23)21-15-3-2-14(18)11-20-15/h2-4,7,10-11,13H,5-6,8-9H2,1H3,(H,20,21,23). The van der Waals surface area contributed by atoms with Gasteiger partial charge in [0.25, 0.3) is 0 Å². The Morgan fingerprint density at radius 3 is 2.70 bits per heavy atom. The fourth-order valence-electron chi connectivity index (χ4n) is 2.74. The van der Waals surface area contributed by atoms with Gasteiger partial charge in [-0.3, -0.25) is 4.79 Å². The third kappa shape index (κ3) is 3.99. The van der Waals surface area contributed by atoms with Gasteiger partial charge >= 0.3 is 0 Å². The zero-order valence-electron chi connectivity index (χ0n) is 13.0. The summed E-state index contributed by atoms with van der Waals surface area (Å²) >= 11 is 5.80. The molecule has 0 spiro atoms. The number of nitrogens with one attached hydrogen (secondary N) is 1. The molecule has 0 aromatic carbocycles. The highest BCUT2D eigenvalue weighted by Crippen LogP contribution is 2.23. The second kappa shape index (κ2) is 6.96. The number of piperidine rings is 1. The molecule has 0 saturated carbocycles. The van der Waals surface area contributed by atoms with Crippen molar-refractivity contribution in [3.8, 4) is 0 Å². The van der Waals surface area contributed by atoms with Crippen molar-refractivity contribution < 1.29 is 4.79 Å². The molecule has 0 atom stereocenters. The van der Waals surface area contributed by atoms with Gasteiger partial charge < -0.3 is 10.2 Å². The van der Waals surface area contributed by atoms with Crippen LogP contribution < -0.4 is 10.2 Å². The molecular weight excluding hydrogens is 312 g/mol. The maximum Gasteiger partial charge on any atom is 0.228 e. The number of carbonyl (C=O) groups excluding carboxylic acids is 1. The first-order chi connectivity index (χ1) is 11.1. The van der Waals surface area contributed by atoms with E-state index in [2.05, 4.69) is 33.2 Å². The van der Waals surface area contributed by atoms with E-state index in [1.54, 1.807) is 12.1 Å². The normalized spacial score (nSPS) is 15.5. The molecule has 0 unspecified atom stereocenters. The minimum atomic E-state index is 0.00790. The Hall–Kier alpha value is -2.14. The molecule has 6 heteroatoms. The summed E-state index contributed by atoms with van der Waals surface area (Å²) in [4.78, 5) is 23.1. The molecule has 1 amide bonds. The molecule has 3 heterocycles. The van der Waals surface area contributed by atoms with Crippen molar-refractivity contribution in [3.05, 3.63) is 47.2 Å². The summed E-state index contributed by atoms with van der Waals surface area (Å²) in [6, 6.07) is 7.50. The fourth-order valence-corrected chi connectivity index (χ4v) is 2.85. The minimum Gasteiger partial charge on any atom is -0.357 e. The van der Waals surface area contributed by atoms with Gasteiger partial charge in [0.2, 0.25) is 5.91 Å². The van der Waals surface area contributed by atoms with Gasteiger partial charge in [0.1, 0.15) is 11.6 Å². The topological polar surface area (TPSA) is 58.1 Å². The first-order valence-corrected chi connectivity index (χ1v) is 8.09. The number of aryl methyl sites for hydroxylation is 1. The Morgan fingerprint density at radius 1 is 1.26 bits per heavy atom. The number of hydrogen-bond donors (Lipinski definition) is 1. The summed E-state index contributed by atoms with van der Waals surface area (Å²) < 4.78 is 0. The Bertz CT molecular complexity index is 681. The Balaban J connectivity index is 1.56. The number of carbonyl (C=O) groups is 1. The van der Waals surface area contributed by atoms with Crippen LogP contribution in [-0.2, 0) is 4.79 Å². The molecule has 1 aliphatic rings.